The lowest BCUT2D eigenvalue weighted by Gasteiger charge is -2.06. The standard InChI is InChI=1S/C10H11NO2S/c1-7-8(2-4-13-7)9(12)6-10-11-3-5-14-10/h2-5,9,12H,6H2,1H3. The van der Waals surface area contributed by atoms with Crippen LogP contribution in [0.4, 0.5) is 0 Å². The van der Waals surface area contributed by atoms with Gasteiger partial charge in [0.1, 0.15) is 5.76 Å². The van der Waals surface area contributed by atoms with E-state index in [1.165, 1.54) is 0 Å². The van der Waals surface area contributed by atoms with E-state index in [2.05, 4.69) is 4.98 Å². The van der Waals surface area contributed by atoms with Crippen molar-refractivity contribution in [2.45, 2.75) is 19.4 Å². The van der Waals surface area contributed by atoms with Crippen LogP contribution in [0, 0.1) is 6.92 Å². The maximum Gasteiger partial charge on any atom is 0.106 e. The van der Waals surface area contributed by atoms with Crippen LogP contribution in [0.5, 0.6) is 0 Å². The zero-order valence-electron chi connectivity index (χ0n) is 7.80. The summed E-state index contributed by atoms with van der Waals surface area (Å²) in [4.78, 5) is 4.12. The molecule has 2 aromatic heterocycles. The molecule has 0 aromatic carbocycles. The first-order chi connectivity index (χ1) is 6.77. The van der Waals surface area contributed by atoms with Crippen LogP contribution < -0.4 is 0 Å². The van der Waals surface area contributed by atoms with E-state index >= 15 is 0 Å². The summed E-state index contributed by atoms with van der Waals surface area (Å²) in [5.74, 6) is 0.772. The number of aliphatic hydroxyl groups is 1. The van der Waals surface area contributed by atoms with Crippen molar-refractivity contribution in [3.63, 3.8) is 0 Å². The molecule has 0 saturated heterocycles. The molecule has 0 aliphatic rings. The molecule has 74 valence electrons. The summed E-state index contributed by atoms with van der Waals surface area (Å²) >= 11 is 1.55. The molecule has 0 bridgehead atoms. The Labute approximate surface area is 86.0 Å². The molecule has 4 heteroatoms. The van der Waals surface area contributed by atoms with E-state index in [0.29, 0.717) is 6.42 Å². The van der Waals surface area contributed by atoms with Crippen LogP contribution in [0.25, 0.3) is 0 Å². The largest absolute Gasteiger partial charge is 0.469 e. The highest BCUT2D eigenvalue weighted by molar-refractivity contribution is 7.09. The Morgan fingerprint density at radius 2 is 2.50 bits per heavy atom. The number of hydrogen-bond donors (Lipinski definition) is 1. The minimum absolute atomic E-state index is 0.514. The minimum atomic E-state index is -0.514. The van der Waals surface area contributed by atoms with Crippen molar-refractivity contribution in [3.8, 4) is 0 Å². The average molecular weight is 209 g/mol. The van der Waals surface area contributed by atoms with Gasteiger partial charge in [-0.05, 0) is 13.0 Å². The average Bonchev–Trinajstić information content (AvgIpc) is 2.75. The SMILES string of the molecule is Cc1occc1C(O)Cc1nccs1. The Morgan fingerprint density at radius 1 is 1.64 bits per heavy atom. The van der Waals surface area contributed by atoms with Gasteiger partial charge in [0.25, 0.3) is 0 Å². The van der Waals surface area contributed by atoms with Gasteiger partial charge in [-0.1, -0.05) is 0 Å². The van der Waals surface area contributed by atoms with Gasteiger partial charge in [0.15, 0.2) is 0 Å². The van der Waals surface area contributed by atoms with Gasteiger partial charge in [-0.2, -0.15) is 0 Å². The quantitative estimate of drug-likeness (QED) is 0.843. The van der Waals surface area contributed by atoms with E-state index < -0.39 is 6.10 Å². The molecule has 2 aromatic rings. The monoisotopic (exact) mass is 209 g/mol. The molecule has 0 aliphatic heterocycles. The molecule has 0 aliphatic carbocycles. The fourth-order valence-corrected chi connectivity index (χ4v) is 2.02. The maximum atomic E-state index is 9.87. The molecule has 1 N–H and O–H groups in total. The van der Waals surface area contributed by atoms with Crippen molar-refractivity contribution >= 4 is 11.3 Å². The molecule has 1 atom stereocenters. The molecule has 0 fully saturated rings. The minimum Gasteiger partial charge on any atom is -0.469 e. The zero-order chi connectivity index (χ0) is 9.97. The van der Waals surface area contributed by atoms with E-state index in [-0.39, 0.29) is 0 Å². The molecule has 3 nitrogen and oxygen atoms in total. The summed E-state index contributed by atoms with van der Waals surface area (Å²) in [5.41, 5.74) is 0.847. The normalized spacial score (nSPS) is 13.0. The van der Waals surface area contributed by atoms with Crippen molar-refractivity contribution in [2.75, 3.05) is 0 Å². The second-order valence-electron chi connectivity index (χ2n) is 3.08. The summed E-state index contributed by atoms with van der Waals surface area (Å²) in [6.45, 7) is 1.85. The van der Waals surface area contributed by atoms with Crippen molar-refractivity contribution < 1.29 is 9.52 Å². The first-order valence-corrected chi connectivity index (χ1v) is 5.26. The highest BCUT2D eigenvalue weighted by atomic mass is 32.1. The summed E-state index contributed by atoms with van der Waals surface area (Å²) in [6.07, 6.45) is 3.38. The highest BCUT2D eigenvalue weighted by Gasteiger charge is 2.14. The molecule has 0 amide bonds. The van der Waals surface area contributed by atoms with Crippen molar-refractivity contribution in [1.29, 1.82) is 0 Å². The van der Waals surface area contributed by atoms with Crippen LogP contribution in [-0.2, 0) is 6.42 Å². The fraction of sp³-hybridized carbons (Fsp3) is 0.300. The lowest BCUT2D eigenvalue weighted by atomic mass is 10.1. The van der Waals surface area contributed by atoms with Crippen molar-refractivity contribution in [1.82, 2.24) is 4.98 Å². The van der Waals surface area contributed by atoms with Crippen LogP contribution in [0.15, 0.2) is 28.3 Å². The predicted octanol–water partition coefficient (Wildman–Crippen LogP) is 2.32. The summed E-state index contributed by atoms with van der Waals surface area (Å²) in [7, 11) is 0. The lowest BCUT2D eigenvalue weighted by Crippen LogP contribution is -2.01. The number of nitrogens with zero attached hydrogens (tertiary/aromatic N) is 1. The van der Waals surface area contributed by atoms with Crippen LogP contribution in [0.2, 0.25) is 0 Å². The number of aryl methyl sites for hydroxylation is 1. The number of aliphatic hydroxyl groups excluding tert-OH is 1. The smallest absolute Gasteiger partial charge is 0.106 e. The van der Waals surface area contributed by atoms with Crippen LogP contribution >= 0.6 is 11.3 Å². The number of furan rings is 1. The number of aromatic nitrogens is 1. The summed E-state index contributed by atoms with van der Waals surface area (Å²) in [6, 6.07) is 1.80. The molecule has 14 heavy (non-hydrogen) atoms. The molecule has 0 radical (unpaired) electrons. The topological polar surface area (TPSA) is 46.3 Å². The highest BCUT2D eigenvalue weighted by Crippen LogP contribution is 2.22. The molecular formula is C10H11NO2S. The van der Waals surface area contributed by atoms with Crippen molar-refractivity contribution in [3.05, 3.63) is 40.2 Å². The third-order valence-corrected chi connectivity index (χ3v) is 2.91. The predicted molar refractivity (Wildman–Crippen MR) is 54.2 cm³/mol. The van der Waals surface area contributed by atoms with Crippen LogP contribution in [0.1, 0.15) is 22.4 Å². The Kier molecular flexibility index (Phi) is 2.65. The van der Waals surface area contributed by atoms with Gasteiger partial charge in [-0.3, -0.25) is 0 Å². The van der Waals surface area contributed by atoms with Gasteiger partial charge in [-0.25, -0.2) is 4.98 Å². The van der Waals surface area contributed by atoms with Gasteiger partial charge in [0.2, 0.25) is 0 Å². The van der Waals surface area contributed by atoms with E-state index in [1.54, 1.807) is 29.9 Å². The van der Waals surface area contributed by atoms with Gasteiger partial charge in [0, 0.05) is 23.6 Å². The van der Waals surface area contributed by atoms with Crippen LogP contribution in [-0.4, -0.2) is 10.1 Å². The number of hydrogen-bond acceptors (Lipinski definition) is 4. The van der Waals surface area contributed by atoms with Crippen LogP contribution in [0.3, 0.4) is 0 Å². The van der Waals surface area contributed by atoms with E-state index in [4.69, 9.17) is 4.42 Å². The Hall–Kier alpha value is -1.13. The van der Waals surface area contributed by atoms with E-state index in [0.717, 1.165) is 16.3 Å². The second kappa shape index (κ2) is 3.94. The van der Waals surface area contributed by atoms with Gasteiger partial charge < -0.3 is 9.52 Å². The molecule has 0 spiro atoms. The Balaban J connectivity index is 2.10. The Morgan fingerprint density at radius 3 is 3.07 bits per heavy atom. The van der Waals surface area contributed by atoms with E-state index in [1.807, 2.05) is 12.3 Å². The molecule has 1 unspecified atom stereocenters. The molecule has 2 heterocycles. The van der Waals surface area contributed by atoms with E-state index in [9.17, 15) is 5.11 Å². The first-order valence-electron chi connectivity index (χ1n) is 4.38. The van der Waals surface area contributed by atoms with Crippen molar-refractivity contribution in [2.24, 2.45) is 0 Å². The fourth-order valence-electron chi connectivity index (χ4n) is 1.37. The summed E-state index contributed by atoms with van der Waals surface area (Å²) in [5, 5.41) is 12.7. The molecule has 2 rings (SSSR count). The maximum absolute atomic E-state index is 9.87. The summed E-state index contributed by atoms with van der Waals surface area (Å²) < 4.78 is 5.13. The number of thiazole rings is 1. The van der Waals surface area contributed by atoms with Gasteiger partial charge in [-0.15, -0.1) is 11.3 Å². The van der Waals surface area contributed by atoms with Gasteiger partial charge in [0.05, 0.1) is 17.4 Å². The number of rotatable bonds is 3. The third kappa shape index (κ3) is 1.86. The second-order valence-corrected chi connectivity index (χ2v) is 4.06. The van der Waals surface area contributed by atoms with Gasteiger partial charge >= 0.3 is 0 Å². The molecular weight excluding hydrogens is 198 g/mol. The zero-order valence-corrected chi connectivity index (χ0v) is 8.62. The molecule has 0 saturated carbocycles. The first kappa shape index (κ1) is 9.43. The Bertz CT molecular complexity index is 394. The third-order valence-electron chi connectivity index (χ3n) is 2.11. The lowest BCUT2D eigenvalue weighted by molar-refractivity contribution is 0.176.